The molecule has 1 aromatic heterocycles. The lowest BCUT2D eigenvalue weighted by Gasteiger charge is -2.27. The lowest BCUT2D eigenvalue weighted by Crippen LogP contribution is -3.00. The zero-order chi connectivity index (χ0) is 22.7. The van der Waals surface area contributed by atoms with Crippen molar-refractivity contribution in [2.45, 2.75) is 44.9 Å². The van der Waals surface area contributed by atoms with E-state index in [-0.39, 0.29) is 34.7 Å². The van der Waals surface area contributed by atoms with Gasteiger partial charge in [-0.3, -0.25) is 0 Å². The molecule has 1 aliphatic carbocycles. The van der Waals surface area contributed by atoms with Crippen LogP contribution < -0.4 is 21.5 Å². The molecule has 176 valence electrons. The van der Waals surface area contributed by atoms with E-state index < -0.39 is 23.2 Å². The van der Waals surface area contributed by atoms with Crippen molar-refractivity contribution in [1.82, 2.24) is 4.57 Å². The van der Waals surface area contributed by atoms with Gasteiger partial charge >= 0.3 is 5.97 Å². The lowest BCUT2D eigenvalue weighted by atomic mass is 9.86. The molecule has 0 saturated heterocycles. The Bertz CT molecular complexity index is 1030. The number of benzene rings is 2. The van der Waals surface area contributed by atoms with Crippen LogP contribution in [0.1, 0.15) is 36.2 Å². The number of aromatic nitrogens is 2. The first-order valence-corrected chi connectivity index (χ1v) is 10.8. The Kier molecular flexibility index (Phi) is 8.02. The van der Waals surface area contributed by atoms with Gasteiger partial charge in [0.05, 0.1) is 19.7 Å². The van der Waals surface area contributed by atoms with Crippen LogP contribution in [0, 0.1) is 24.5 Å². The zero-order valence-corrected chi connectivity index (χ0v) is 20.0. The zero-order valence-electron chi connectivity index (χ0n) is 18.4. The second-order valence-corrected chi connectivity index (χ2v) is 8.35. The van der Waals surface area contributed by atoms with Gasteiger partial charge in [0.25, 0.3) is 5.82 Å². The largest absolute Gasteiger partial charge is 1.00 e. The smallest absolute Gasteiger partial charge is 0.347 e. The minimum Gasteiger partial charge on any atom is -1.00 e. The Hall–Kier alpha value is -2.58. The van der Waals surface area contributed by atoms with Crippen LogP contribution in [0.5, 0.6) is 0 Å². The van der Waals surface area contributed by atoms with Gasteiger partial charge in [-0.15, -0.1) is 0 Å². The number of nitrogens with zero attached hydrogens (tertiary/aromatic N) is 2. The fourth-order valence-corrected chi connectivity index (χ4v) is 3.84. The van der Waals surface area contributed by atoms with Crippen molar-refractivity contribution in [2.24, 2.45) is 5.92 Å². The highest BCUT2D eigenvalue weighted by molar-refractivity contribution is 5.85. The first kappa shape index (κ1) is 25.1. The average molecular weight is 521 g/mol. The molecule has 4 rings (SSSR count). The first-order valence-electron chi connectivity index (χ1n) is 10.8. The fraction of sp³-hybridized carbons (Fsp3) is 0.360. The van der Waals surface area contributed by atoms with E-state index in [0.29, 0.717) is 13.0 Å². The highest BCUT2D eigenvalue weighted by Crippen LogP contribution is 2.32. The molecule has 1 N–H and O–H groups in total. The van der Waals surface area contributed by atoms with Gasteiger partial charge in [-0.1, -0.05) is 24.3 Å². The van der Waals surface area contributed by atoms with Crippen LogP contribution in [0.25, 0.3) is 0 Å². The Morgan fingerprint density at radius 2 is 1.64 bits per heavy atom. The van der Waals surface area contributed by atoms with Gasteiger partial charge in [0, 0.05) is 13.3 Å². The highest BCUT2D eigenvalue weighted by Gasteiger charge is 2.41. The monoisotopic (exact) mass is 520 g/mol. The standard InChI is InChI=1S/C25H27F2N2O3.BrH/c1-18-28(14-15-29(18)17-19-3-4-19)13-2-16-32-24(30)25(31,20-5-9-22(26)10-6-20)21-7-11-23(27)12-8-21;/h5-12,14-15,19,31H,2-4,13,16-17H2,1H3;1H/q+1;/p-1. The predicted octanol–water partition coefficient (Wildman–Crippen LogP) is 0.646. The second-order valence-electron chi connectivity index (χ2n) is 8.35. The molecule has 33 heavy (non-hydrogen) atoms. The van der Waals surface area contributed by atoms with Crippen molar-refractivity contribution in [3.63, 3.8) is 0 Å². The van der Waals surface area contributed by atoms with Crippen LogP contribution in [0.3, 0.4) is 0 Å². The molecule has 2 aromatic carbocycles. The van der Waals surface area contributed by atoms with Gasteiger partial charge in [0.1, 0.15) is 24.0 Å². The number of imidazole rings is 1. The molecule has 1 heterocycles. The van der Waals surface area contributed by atoms with E-state index >= 15 is 0 Å². The number of carbonyl (C=O) groups excluding carboxylic acids is 1. The van der Waals surface area contributed by atoms with Gasteiger partial charge in [0.2, 0.25) is 5.60 Å². The topological polar surface area (TPSA) is 55.3 Å². The summed E-state index contributed by atoms with van der Waals surface area (Å²) in [7, 11) is 0. The summed E-state index contributed by atoms with van der Waals surface area (Å²) in [5.41, 5.74) is -1.87. The summed E-state index contributed by atoms with van der Waals surface area (Å²) in [5.74, 6) is 0.0568. The van der Waals surface area contributed by atoms with Crippen molar-refractivity contribution < 1.29 is 45.0 Å². The Morgan fingerprint density at radius 3 is 2.15 bits per heavy atom. The number of rotatable bonds is 9. The molecule has 0 unspecified atom stereocenters. The second kappa shape index (κ2) is 10.6. The molecule has 0 bridgehead atoms. The van der Waals surface area contributed by atoms with E-state index in [1.807, 2.05) is 6.20 Å². The number of carbonyl (C=O) groups is 1. The maximum Gasteiger partial charge on any atom is 0.347 e. The Balaban J connectivity index is 0.00000306. The van der Waals surface area contributed by atoms with Gasteiger partial charge in [-0.2, -0.15) is 0 Å². The predicted molar refractivity (Wildman–Crippen MR) is 113 cm³/mol. The Morgan fingerprint density at radius 1 is 1.09 bits per heavy atom. The van der Waals surface area contributed by atoms with E-state index in [2.05, 4.69) is 22.3 Å². The molecule has 1 saturated carbocycles. The SMILES string of the molecule is Cc1n(CCCOC(=O)C(O)(c2ccc(F)cc2)c2ccc(F)cc2)cc[n+]1CC1CC1.[Br-]. The maximum atomic E-state index is 13.4. The van der Waals surface area contributed by atoms with Crippen LogP contribution in [0.2, 0.25) is 0 Å². The molecule has 0 spiro atoms. The van der Waals surface area contributed by atoms with Gasteiger partial charge < -0.3 is 26.8 Å². The highest BCUT2D eigenvalue weighted by atomic mass is 79.9. The third-order valence-electron chi connectivity index (χ3n) is 6.01. The number of hydrogen-bond donors (Lipinski definition) is 1. The van der Waals surface area contributed by atoms with Crippen LogP contribution in [-0.2, 0) is 28.2 Å². The average Bonchev–Trinajstić information content (AvgIpc) is 3.55. The molecule has 1 aliphatic rings. The molecule has 5 nitrogen and oxygen atoms in total. The maximum absolute atomic E-state index is 13.4. The number of hydrogen-bond acceptors (Lipinski definition) is 3. The summed E-state index contributed by atoms with van der Waals surface area (Å²) < 4.78 is 36.6. The molecule has 3 aromatic rings. The third-order valence-corrected chi connectivity index (χ3v) is 6.01. The van der Waals surface area contributed by atoms with Crippen molar-refractivity contribution in [3.8, 4) is 0 Å². The van der Waals surface area contributed by atoms with E-state index in [1.54, 1.807) is 0 Å². The molecule has 0 radical (unpaired) electrons. The molecule has 0 atom stereocenters. The molecular weight excluding hydrogens is 494 g/mol. The van der Waals surface area contributed by atoms with Crippen molar-refractivity contribution >= 4 is 5.97 Å². The number of aryl methyl sites for hydroxylation is 1. The number of aliphatic hydroxyl groups is 1. The van der Waals surface area contributed by atoms with Crippen LogP contribution in [-0.4, -0.2) is 22.2 Å². The van der Waals surface area contributed by atoms with Crippen molar-refractivity contribution in [1.29, 1.82) is 0 Å². The first-order chi connectivity index (χ1) is 15.4. The third kappa shape index (κ3) is 5.68. The van der Waals surface area contributed by atoms with Gasteiger partial charge in [-0.25, -0.2) is 22.7 Å². The van der Waals surface area contributed by atoms with Crippen LogP contribution >= 0.6 is 0 Å². The summed E-state index contributed by atoms with van der Waals surface area (Å²) >= 11 is 0. The summed E-state index contributed by atoms with van der Waals surface area (Å²) in [6.45, 7) is 3.87. The number of ether oxygens (including phenoxy) is 1. The molecule has 1 fully saturated rings. The van der Waals surface area contributed by atoms with Gasteiger partial charge in [-0.05, 0) is 54.2 Å². The quantitative estimate of drug-likeness (QED) is 0.256. The normalized spacial score (nSPS) is 13.5. The summed E-state index contributed by atoms with van der Waals surface area (Å²) in [4.78, 5) is 13.0. The van der Waals surface area contributed by atoms with Crippen LogP contribution in [0.4, 0.5) is 8.78 Å². The fourth-order valence-electron chi connectivity index (χ4n) is 3.84. The molecule has 0 amide bonds. The van der Waals surface area contributed by atoms with E-state index in [1.165, 1.54) is 37.1 Å². The number of halogens is 3. The summed E-state index contributed by atoms with van der Waals surface area (Å²) in [5, 5.41) is 11.3. The molecule has 0 aliphatic heterocycles. The van der Waals surface area contributed by atoms with Crippen molar-refractivity contribution in [2.75, 3.05) is 6.61 Å². The minimum atomic E-state index is -2.17. The summed E-state index contributed by atoms with van der Waals surface area (Å²) in [6.07, 6.45) is 7.24. The van der Waals surface area contributed by atoms with Crippen molar-refractivity contribution in [3.05, 3.63) is 89.5 Å². The Labute approximate surface area is 202 Å². The van der Waals surface area contributed by atoms with Gasteiger partial charge in [0.15, 0.2) is 0 Å². The van der Waals surface area contributed by atoms with Crippen LogP contribution in [0.15, 0.2) is 60.9 Å². The summed E-state index contributed by atoms with van der Waals surface area (Å²) in [6, 6.07) is 9.91. The lowest BCUT2D eigenvalue weighted by molar-refractivity contribution is -0.705. The minimum absolute atomic E-state index is 0. The molecular formula is C25H27BrF2N2O3. The van der Waals surface area contributed by atoms with E-state index in [9.17, 15) is 18.7 Å². The van der Waals surface area contributed by atoms with E-state index in [4.69, 9.17) is 4.74 Å². The van der Waals surface area contributed by atoms with E-state index in [0.717, 1.165) is 42.6 Å². The molecule has 8 heteroatoms. The number of esters is 1.